The summed E-state index contributed by atoms with van der Waals surface area (Å²) in [4.78, 5) is 27.9. The molecule has 1 atom stereocenters. The zero-order valence-electron chi connectivity index (χ0n) is 16.2. The van der Waals surface area contributed by atoms with E-state index in [1.54, 1.807) is 48.5 Å². The van der Waals surface area contributed by atoms with Gasteiger partial charge >= 0.3 is 6.18 Å². The SMILES string of the molecule is O=C1c2oc3ccccc3c(=O)c2[C@H](c2ccc(Cl)cc2)N1c1cccc(C(F)(F)F)c1. The maximum absolute atomic E-state index is 13.4. The minimum absolute atomic E-state index is 0.000342. The molecule has 0 bridgehead atoms. The monoisotopic (exact) mass is 455 g/mol. The number of fused-ring (bicyclic) bond motifs is 2. The van der Waals surface area contributed by atoms with Crippen molar-refractivity contribution in [3.8, 4) is 0 Å². The fourth-order valence-electron chi connectivity index (χ4n) is 3.98. The second kappa shape index (κ2) is 7.24. The topological polar surface area (TPSA) is 50.5 Å². The lowest BCUT2D eigenvalue weighted by Gasteiger charge is -2.26. The van der Waals surface area contributed by atoms with E-state index in [9.17, 15) is 22.8 Å². The summed E-state index contributed by atoms with van der Waals surface area (Å²) in [6.07, 6.45) is -4.59. The molecule has 0 unspecified atom stereocenters. The third-order valence-electron chi connectivity index (χ3n) is 5.42. The Morgan fingerprint density at radius 2 is 1.62 bits per heavy atom. The van der Waals surface area contributed by atoms with Gasteiger partial charge in [0.2, 0.25) is 5.76 Å². The summed E-state index contributed by atoms with van der Waals surface area (Å²) in [5.41, 5.74) is -0.498. The van der Waals surface area contributed by atoms with Gasteiger partial charge in [-0.25, -0.2) is 0 Å². The quantitative estimate of drug-likeness (QED) is 0.361. The lowest BCUT2D eigenvalue weighted by Crippen LogP contribution is -2.29. The minimum Gasteiger partial charge on any atom is -0.450 e. The van der Waals surface area contributed by atoms with Gasteiger partial charge in [0.1, 0.15) is 5.58 Å². The molecule has 0 fully saturated rings. The van der Waals surface area contributed by atoms with Gasteiger partial charge in [0.05, 0.1) is 22.6 Å². The maximum atomic E-state index is 13.4. The van der Waals surface area contributed by atoms with Crippen LogP contribution in [-0.4, -0.2) is 5.91 Å². The van der Waals surface area contributed by atoms with Crippen LogP contribution in [0.15, 0.2) is 82.0 Å². The average Bonchev–Trinajstić information content (AvgIpc) is 3.07. The molecule has 1 aliphatic heterocycles. The number of alkyl halides is 3. The highest BCUT2D eigenvalue weighted by molar-refractivity contribution is 6.30. The third-order valence-corrected chi connectivity index (χ3v) is 5.67. The van der Waals surface area contributed by atoms with Crippen LogP contribution in [0.5, 0.6) is 0 Å². The summed E-state index contributed by atoms with van der Waals surface area (Å²) in [6, 6.07) is 16.4. The summed E-state index contributed by atoms with van der Waals surface area (Å²) in [7, 11) is 0. The molecule has 0 saturated carbocycles. The summed E-state index contributed by atoms with van der Waals surface area (Å²) in [5, 5.41) is 0.721. The van der Waals surface area contributed by atoms with Crippen LogP contribution in [0.2, 0.25) is 5.02 Å². The fourth-order valence-corrected chi connectivity index (χ4v) is 4.10. The first-order chi connectivity index (χ1) is 15.3. The summed E-state index contributed by atoms with van der Waals surface area (Å²) in [5.74, 6) is -0.881. The number of para-hydroxylation sites is 1. The van der Waals surface area contributed by atoms with Crippen molar-refractivity contribution < 1.29 is 22.4 Å². The Kier molecular flexibility index (Phi) is 4.60. The molecule has 4 nitrogen and oxygen atoms in total. The molecule has 4 aromatic rings. The zero-order valence-corrected chi connectivity index (χ0v) is 16.9. The van der Waals surface area contributed by atoms with Gasteiger partial charge in [-0.3, -0.25) is 14.5 Å². The van der Waals surface area contributed by atoms with E-state index in [4.69, 9.17) is 16.0 Å². The Bertz CT molecular complexity index is 1430. The van der Waals surface area contributed by atoms with Gasteiger partial charge in [0.25, 0.3) is 5.91 Å². The first-order valence-corrected chi connectivity index (χ1v) is 9.95. The molecule has 0 N–H and O–H groups in total. The van der Waals surface area contributed by atoms with Crippen molar-refractivity contribution in [3.05, 3.63) is 110 Å². The molecule has 2 heterocycles. The van der Waals surface area contributed by atoms with Crippen LogP contribution in [0.4, 0.5) is 18.9 Å². The number of benzene rings is 3. The van der Waals surface area contributed by atoms with Gasteiger partial charge < -0.3 is 4.42 Å². The highest BCUT2D eigenvalue weighted by atomic mass is 35.5. The molecule has 0 saturated heterocycles. The van der Waals surface area contributed by atoms with E-state index in [0.29, 0.717) is 10.6 Å². The van der Waals surface area contributed by atoms with Crippen molar-refractivity contribution in [1.82, 2.24) is 0 Å². The lowest BCUT2D eigenvalue weighted by molar-refractivity contribution is -0.137. The van der Waals surface area contributed by atoms with Gasteiger partial charge in [-0.05, 0) is 48.0 Å². The van der Waals surface area contributed by atoms with Crippen molar-refractivity contribution in [2.75, 3.05) is 4.90 Å². The number of halogens is 4. The Labute approximate surface area is 184 Å². The molecule has 32 heavy (non-hydrogen) atoms. The molecule has 0 radical (unpaired) electrons. The number of rotatable bonds is 2. The second-order valence-corrected chi connectivity index (χ2v) is 7.78. The van der Waals surface area contributed by atoms with Gasteiger partial charge in [0.15, 0.2) is 5.43 Å². The Morgan fingerprint density at radius 3 is 2.34 bits per heavy atom. The van der Waals surface area contributed by atoms with Crippen LogP contribution >= 0.6 is 11.6 Å². The smallest absolute Gasteiger partial charge is 0.416 e. The Morgan fingerprint density at radius 1 is 0.906 bits per heavy atom. The Balaban J connectivity index is 1.79. The zero-order chi connectivity index (χ0) is 22.6. The maximum Gasteiger partial charge on any atom is 0.416 e. The predicted octanol–water partition coefficient (Wildman–Crippen LogP) is 6.22. The van der Waals surface area contributed by atoms with Gasteiger partial charge in [-0.2, -0.15) is 13.2 Å². The lowest BCUT2D eigenvalue weighted by atomic mass is 9.98. The van der Waals surface area contributed by atoms with E-state index in [1.165, 1.54) is 12.1 Å². The molecule has 0 aliphatic carbocycles. The van der Waals surface area contributed by atoms with E-state index in [-0.39, 0.29) is 28.0 Å². The molecule has 8 heteroatoms. The van der Waals surface area contributed by atoms with E-state index >= 15 is 0 Å². The van der Waals surface area contributed by atoms with Crippen LogP contribution in [0.1, 0.15) is 33.3 Å². The molecule has 1 aliphatic rings. The molecule has 3 aromatic carbocycles. The predicted molar refractivity (Wildman–Crippen MR) is 114 cm³/mol. The van der Waals surface area contributed by atoms with Crippen LogP contribution in [0, 0.1) is 0 Å². The van der Waals surface area contributed by atoms with Crippen LogP contribution < -0.4 is 10.3 Å². The van der Waals surface area contributed by atoms with Crippen LogP contribution in [0.3, 0.4) is 0 Å². The van der Waals surface area contributed by atoms with E-state index in [2.05, 4.69) is 0 Å². The number of hydrogen-bond donors (Lipinski definition) is 0. The number of nitrogens with zero attached hydrogens (tertiary/aromatic N) is 1. The largest absolute Gasteiger partial charge is 0.450 e. The molecule has 5 rings (SSSR count). The first-order valence-electron chi connectivity index (χ1n) is 9.58. The highest BCUT2D eigenvalue weighted by Gasteiger charge is 2.44. The molecule has 0 spiro atoms. The van der Waals surface area contributed by atoms with E-state index < -0.39 is 29.1 Å². The van der Waals surface area contributed by atoms with Crippen LogP contribution in [0.25, 0.3) is 11.0 Å². The molecule has 1 aromatic heterocycles. The van der Waals surface area contributed by atoms with Crippen LogP contribution in [-0.2, 0) is 6.18 Å². The standard InChI is InChI=1S/C24H13ClF3NO3/c25-15-10-8-13(9-11-15)20-19-21(30)17-6-1-2-7-18(17)32-22(19)23(31)29(20)16-5-3-4-14(12-16)24(26,27)28/h1-12,20H/t20-/m0/s1. The molecule has 160 valence electrons. The first kappa shape index (κ1) is 20.3. The number of hydrogen-bond acceptors (Lipinski definition) is 3. The van der Waals surface area contributed by atoms with Gasteiger partial charge in [-0.15, -0.1) is 0 Å². The molecule has 1 amide bonds. The summed E-state index contributed by atoms with van der Waals surface area (Å²) < 4.78 is 45.8. The van der Waals surface area contributed by atoms with Crippen molar-refractivity contribution in [1.29, 1.82) is 0 Å². The van der Waals surface area contributed by atoms with Crippen molar-refractivity contribution in [2.24, 2.45) is 0 Å². The van der Waals surface area contributed by atoms with Crippen molar-refractivity contribution in [2.45, 2.75) is 12.2 Å². The number of amides is 1. The van der Waals surface area contributed by atoms with E-state index in [1.807, 2.05) is 0 Å². The average molecular weight is 456 g/mol. The fraction of sp³-hybridized carbons (Fsp3) is 0.0833. The Hall–Kier alpha value is -3.58. The minimum atomic E-state index is -4.59. The molecular formula is C24H13ClF3NO3. The number of carbonyl (C=O) groups is 1. The van der Waals surface area contributed by atoms with E-state index in [0.717, 1.165) is 17.0 Å². The van der Waals surface area contributed by atoms with Crippen molar-refractivity contribution >= 4 is 34.2 Å². The highest BCUT2D eigenvalue weighted by Crippen LogP contribution is 2.42. The second-order valence-electron chi connectivity index (χ2n) is 7.35. The van der Waals surface area contributed by atoms with Gasteiger partial charge in [-0.1, -0.05) is 41.9 Å². The third kappa shape index (κ3) is 3.17. The van der Waals surface area contributed by atoms with Gasteiger partial charge in [0, 0.05) is 10.7 Å². The summed E-state index contributed by atoms with van der Waals surface area (Å²) in [6.45, 7) is 0. The van der Waals surface area contributed by atoms with Crippen molar-refractivity contribution in [3.63, 3.8) is 0 Å². The number of carbonyl (C=O) groups excluding carboxylic acids is 1. The molecular weight excluding hydrogens is 443 g/mol. The normalized spacial score (nSPS) is 15.9. The summed E-state index contributed by atoms with van der Waals surface area (Å²) >= 11 is 6.00. The number of anilines is 1.